The van der Waals surface area contributed by atoms with Gasteiger partial charge in [0.05, 0.1) is 33.6 Å². The first kappa shape index (κ1) is 15.9. The summed E-state index contributed by atoms with van der Waals surface area (Å²) in [7, 11) is 5.01. The van der Waals surface area contributed by atoms with Crippen LogP contribution in [0, 0.1) is 26.0 Å². The van der Waals surface area contributed by atoms with Crippen LogP contribution in [-0.2, 0) is 0 Å². The Morgan fingerprint density at radius 2 is 1.90 bits per heavy atom. The van der Waals surface area contributed by atoms with Crippen molar-refractivity contribution < 1.29 is 14.2 Å². The Hall–Kier alpha value is -2.13. The first-order valence-corrected chi connectivity index (χ1v) is 5.72. The van der Waals surface area contributed by atoms with Crippen LogP contribution in [0.1, 0.15) is 11.6 Å². The van der Waals surface area contributed by atoms with Gasteiger partial charge in [-0.15, -0.1) is 0 Å². The molecule has 0 saturated heterocycles. The number of nitro groups is 2. The highest BCUT2D eigenvalue weighted by Gasteiger charge is 2.29. The van der Waals surface area contributed by atoms with Crippen LogP contribution in [0.5, 0.6) is 0 Å². The summed E-state index contributed by atoms with van der Waals surface area (Å²) >= 11 is 0. The van der Waals surface area contributed by atoms with Gasteiger partial charge in [0.1, 0.15) is 5.82 Å². The highest BCUT2D eigenvalue weighted by Crippen LogP contribution is 2.32. The molecule has 0 bridgehead atoms. The van der Waals surface area contributed by atoms with Gasteiger partial charge in [-0.25, -0.2) is 4.39 Å². The normalized spacial score (nSPS) is 12.4. The maximum absolute atomic E-state index is 14.1. The first-order valence-electron chi connectivity index (χ1n) is 5.72. The van der Waals surface area contributed by atoms with Gasteiger partial charge in [0.2, 0.25) is 0 Å². The number of nitrogens with zero attached hydrogens (tertiary/aromatic N) is 3. The molecule has 0 amide bonds. The Morgan fingerprint density at radius 3 is 2.30 bits per heavy atom. The largest absolute Gasteiger partial charge is 0.312 e. The molecular formula is C11H15FN4O4. The van der Waals surface area contributed by atoms with Crippen LogP contribution in [0.25, 0.3) is 0 Å². The summed E-state index contributed by atoms with van der Waals surface area (Å²) in [5, 5.41) is 24.5. The summed E-state index contributed by atoms with van der Waals surface area (Å²) in [6.45, 7) is 0.312. The van der Waals surface area contributed by atoms with Crippen LogP contribution in [-0.4, -0.2) is 42.4 Å². The molecule has 0 heterocycles. The molecule has 1 N–H and O–H groups in total. The lowest BCUT2D eigenvalue weighted by atomic mass is 10.0. The molecule has 8 nitrogen and oxygen atoms in total. The number of likely N-dealkylation sites (N-methyl/N-ethyl adjacent to an activating group) is 2. The van der Waals surface area contributed by atoms with Crippen molar-refractivity contribution in [1.82, 2.24) is 10.2 Å². The summed E-state index contributed by atoms with van der Waals surface area (Å²) < 4.78 is 14.1. The van der Waals surface area contributed by atoms with E-state index in [9.17, 15) is 24.6 Å². The fourth-order valence-electron chi connectivity index (χ4n) is 1.88. The van der Waals surface area contributed by atoms with Gasteiger partial charge in [0.25, 0.3) is 11.4 Å². The van der Waals surface area contributed by atoms with E-state index in [0.717, 1.165) is 6.07 Å². The zero-order valence-corrected chi connectivity index (χ0v) is 11.3. The molecule has 9 heteroatoms. The average Bonchev–Trinajstić information content (AvgIpc) is 2.34. The standard InChI is InChI=1S/C11H15FN4O4/c1-13-9(6-14(2)3)11-8(12)4-7(15(17)18)5-10(11)16(19)20/h4-5,9,13H,6H2,1-3H3. The predicted molar refractivity (Wildman–Crippen MR) is 70.1 cm³/mol. The third kappa shape index (κ3) is 3.45. The molecule has 20 heavy (non-hydrogen) atoms. The number of halogens is 1. The topological polar surface area (TPSA) is 102 Å². The van der Waals surface area contributed by atoms with Gasteiger partial charge >= 0.3 is 0 Å². The summed E-state index contributed by atoms with van der Waals surface area (Å²) in [6, 6.07) is 0.826. The van der Waals surface area contributed by atoms with E-state index < -0.39 is 33.1 Å². The van der Waals surface area contributed by atoms with Crippen LogP contribution in [0.2, 0.25) is 0 Å². The summed E-state index contributed by atoms with van der Waals surface area (Å²) in [5.74, 6) is -0.966. The van der Waals surface area contributed by atoms with Gasteiger partial charge in [0, 0.05) is 6.54 Å². The quantitative estimate of drug-likeness (QED) is 0.627. The molecule has 0 saturated carbocycles. The van der Waals surface area contributed by atoms with Gasteiger partial charge in [-0.1, -0.05) is 0 Å². The Labute approximate surface area is 114 Å². The van der Waals surface area contributed by atoms with Crippen molar-refractivity contribution in [3.63, 3.8) is 0 Å². The van der Waals surface area contributed by atoms with Crippen LogP contribution in [0.15, 0.2) is 12.1 Å². The molecule has 0 aliphatic heterocycles. The third-order valence-corrected chi connectivity index (χ3v) is 2.74. The zero-order valence-electron chi connectivity index (χ0n) is 11.3. The van der Waals surface area contributed by atoms with Crippen LogP contribution >= 0.6 is 0 Å². The fourth-order valence-corrected chi connectivity index (χ4v) is 1.88. The lowest BCUT2D eigenvalue weighted by Crippen LogP contribution is -2.30. The Kier molecular flexibility index (Phi) is 5.06. The molecule has 110 valence electrons. The van der Waals surface area contributed by atoms with Gasteiger partial charge < -0.3 is 10.2 Å². The first-order chi connectivity index (χ1) is 9.27. The number of benzene rings is 1. The third-order valence-electron chi connectivity index (χ3n) is 2.74. The minimum atomic E-state index is -0.966. The van der Waals surface area contributed by atoms with Crippen LogP contribution in [0.3, 0.4) is 0 Å². The maximum atomic E-state index is 14.1. The lowest BCUT2D eigenvalue weighted by molar-refractivity contribution is -0.395. The Bertz CT molecular complexity index is 535. The molecule has 1 rings (SSSR count). The van der Waals surface area contributed by atoms with E-state index in [4.69, 9.17) is 0 Å². The maximum Gasteiger partial charge on any atom is 0.284 e. The van der Waals surface area contributed by atoms with Crippen molar-refractivity contribution in [3.8, 4) is 0 Å². The molecule has 0 fully saturated rings. The number of hydrogen-bond donors (Lipinski definition) is 1. The Morgan fingerprint density at radius 1 is 1.30 bits per heavy atom. The van der Waals surface area contributed by atoms with E-state index in [1.54, 1.807) is 26.0 Å². The van der Waals surface area contributed by atoms with E-state index in [-0.39, 0.29) is 5.56 Å². The van der Waals surface area contributed by atoms with E-state index >= 15 is 0 Å². The van der Waals surface area contributed by atoms with Crippen molar-refractivity contribution in [2.24, 2.45) is 0 Å². The molecular weight excluding hydrogens is 271 g/mol. The molecule has 1 atom stereocenters. The number of hydrogen-bond acceptors (Lipinski definition) is 6. The van der Waals surface area contributed by atoms with Crippen LogP contribution < -0.4 is 5.32 Å². The molecule has 0 spiro atoms. The second-order valence-corrected chi connectivity index (χ2v) is 4.48. The number of rotatable bonds is 6. The highest BCUT2D eigenvalue weighted by molar-refractivity contribution is 5.51. The molecule has 0 radical (unpaired) electrons. The average molecular weight is 286 g/mol. The van der Waals surface area contributed by atoms with Crippen LogP contribution in [0.4, 0.5) is 15.8 Å². The van der Waals surface area contributed by atoms with E-state index in [1.807, 2.05) is 0 Å². The monoisotopic (exact) mass is 286 g/mol. The molecule has 1 aromatic carbocycles. The van der Waals surface area contributed by atoms with Crippen molar-refractivity contribution in [2.75, 3.05) is 27.7 Å². The lowest BCUT2D eigenvalue weighted by Gasteiger charge is -2.21. The number of nitrogens with one attached hydrogen (secondary N) is 1. The van der Waals surface area contributed by atoms with Crippen molar-refractivity contribution in [2.45, 2.75) is 6.04 Å². The second kappa shape index (κ2) is 6.35. The van der Waals surface area contributed by atoms with E-state index in [2.05, 4.69) is 5.32 Å². The highest BCUT2D eigenvalue weighted by atomic mass is 19.1. The molecule has 0 aromatic heterocycles. The minimum absolute atomic E-state index is 0.184. The van der Waals surface area contributed by atoms with Gasteiger partial charge in [-0.3, -0.25) is 20.2 Å². The second-order valence-electron chi connectivity index (χ2n) is 4.48. The molecule has 1 unspecified atom stereocenters. The van der Waals surface area contributed by atoms with Gasteiger partial charge in [-0.2, -0.15) is 0 Å². The van der Waals surface area contributed by atoms with Crippen molar-refractivity contribution in [3.05, 3.63) is 43.7 Å². The van der Waals surface area contributed by atoms with Gasteiger partial charge in [0.15, 0.2) is 0 Å². The van der Waals surface area contributed by atoms with Crippen molar-refractivity contribution >= 4 is 11.4 Å². The summed E-state index contributed by atoms with van der Waals surface area (Å²) in [6.07, 6.45) is 0. The summed E-state index contributed by atoms with van der Waals surface area (Å²) in [5.41, 5.74) is -1.42. The predicted octanol–water partition coefficient (Wildman–Crippen LogP) is 1.46. The van der Waals surface area contributed by atoms with Crippen molar-refractivity contribution in [1.29, 1.82) is 0 Å². The molecule has 0 aliphatic rings. The Balaban J connectivity index is 3.43. The SMILES string of the molecule is CNC(CN(C)C)c1c(F)cc([N+](=O)[O-])cc1[N+](=O)[O-]. The summed E-state index contributed by atoms with van der Waals surface area (Å²) in [4.78, 5) is 21.7. The zero-order chi connectivity index (χ0) is 15.4. The van der Waals surface area contributed by atoms with E-state index in [0.29, 0.717) is 12.6 Å². The molecule has 1 aromatic rings. The smallest absolute Gasteiger partial charge is 0.284 e. The number of nitro benzene ring substituents is 2. The minimum Gasteiger partial charge on any atom is -0.312 e. The van der Waals surface area contributed by atoms with E-state index in [1.165, 1.54) is 0 Å². The molecule has 0 aliphatic carbocycles. The number of non-ortho nitro benzene ring substituents is 1. The fraction of sp³-hybridized carbons (Fsp3) is 0.455. The van der Waals surface area contributed by atoms with Gasteiger partial charge in [-0.05, 0) is 21.1 Å².